The summed E-state index contributed by atoms with van der Waals surface area (Å²) >= 11 is 0. The lowest BCUT2D eigenvalue weighted by Gasteiger charge is -2.39. The molecule has 2 aliphatic heterocycles. The summed E-state index contributed by atoms with van der Waals surface area (Å²) in [4.78, 5) is 18.7. The Kier molecular flexibility index (Phi) is 6.72. The third kappa shape index (κ3) is 4.18. The molecule has 0 aliphatic carbocycles. The van der Waals surface area contributed by atoms with Crippen LogP contribution < -0.4 is 5.73 Å². The van der Waals surface area contributed by atoms with E-state index in [2.05, 4.69) is 9.88 Å². The van der Waals surface area contributed by atoms with E-state index in [-0.39, 0.29) is 29.6 Å². The van der Waals surface area contributed by atoms with Gasteiger partial charge in [-0.1, -0.05) is 18.6 Å². The fourth-order valence-corrected chi connectivity index (χ4v) is 5.16. The molecular formula is C22H25ClF3N3O. The molecule has 8 heteroatoms. The number of aromatic nitrogens is 1. The van der Waals surface area contributed by atoms with E-state index in [1.807, 2.05) is 0 Å². The fourth-order valence-electron chi connectivity index (χ4n) is 5.16. The molecule has 3 atom stereocenters. The number of piperidine rings is 1. The molecule has 0 bridgehead atoms. The average Bonchev–Trinajstić information content (AvgIpc) is 3.12. The van der Waals surface area contributed by atoms with Gasteiger partial charge in [0, 0.05) is 36.0 Å². The van der Waals surface area contributed by atoms with E-state index in [0.29, 0.717) is 11.6 Å². The number of amides is 1. The quantitative estimate of drug-likeness (QED) is 0.746. The van der Waals surface area contributed by atoms with Crippen LogP contribution in [0.2, 0.25) is 0 Å². The van der Waals surface area contributed by atoms with Crippen molar-refractivity contribution >= 4 is 18.3 Å². The first kappa shape index (κ1) is 22.6. The van der Waals surface area contributed by atoms with Crippen LogP contribution in [0.4, 0.5) is 13.2 Å². The summed E-state index contributed by atoms with van der Waals surface area (Å²) < 4.78 is 42.0. The van der Waals surface area contributed by atoms with Gasteiger partial charge in [-0.05, 0) is 61.6 Å². The standard InChI is InChI=1S/C22H24F3N3O.ClH/c23-22(24,25)17-8-3-7-16(21(26)29)20(17)19(14-5-4-11-27-13-14)18-10-9-15-6-1-2-12-28(15)18;/h3-5,7-8,11,13,15,18-19H,1-2,6,9-10,12H2,(H2,26,29);1H/t15-,18-,19+;/m1./s1. The van der Waals surface area contributed by atoms with E-state index in [1.165, 1.54) is 12.1 Å². The van der Waals surface area contributed by atoms with Crippen LogP contribution in [-0.2, 0) is 6.18 Å². The van der Waals surface area contributed by atoms with Gasteiger partial charge in [-0.2, -0.15) is 13.2 Å². The van der Waals surface area contributed by atoms with Gasteiger partial charge in [-0.3, -0.25) is 14.7 Å². The van der Waals surface area contributed by atoms with Gasteiger partial charge >= 0.3 is 6.18 Å². The van der Waals surface area contributed by atoms with Crippen molar-refractivity contribution in [3.63, 3.8) is 0 Å². The summed E-state index contributed by atoms with van der Waals surface area (Å²) in [7, 11) is 0. The largest absolute Gasteiger partial charge is 0.416 e. The predicted molar refractivity (Wildman–Crippen MR) is 111 cm³/mol. The number of pyridine rings is 1. The van der Waals surface area contributed by atoms with Gasteiger partial charge in [0.2, 0.25) is 5.91 Å². The highest BCUT2D eigenvalue weighted by atomic mass is 35.5. The number of primary amides is 1. The number of carbonyl (C=O) groups is 1. The molecule has 0 spiro atoms. The molecule has 30 heavy (non-hydrogen) atoms. The van der Waals surface area contributed by atoms with Crippen molar-refractivity contribution < 1.29 is 18.0 Å². The Bertz CT molecular complexity index is 891. The van der Waals surface area contributed by atoms with Crippen molar-refractivity contribution in [3.8, 4) is 0 Å². The molecule has 2 aromatic rings. The molecule has 2 saturated heterocycles. The Morgan fingerprint density at radius 2 is 1.93 bits per heavy atom. The Hall–Kier alpha value is -2.12. The van der Waals surface area contributed by atoms with Gasteiger partial charge in [-0.25, -0.2) is 0 Å². The number of carbonyl (C=O) groups excluding carboxylic acids is 1. The van der Waals surface area contributed by atoms with Crippen molar-refractivity contribution in [1.29, 1.82) is 0 Å². The average molecular weight is 440 g/mol. The van der Waals surface area contributed by atoms with Crippen LogP contribution >= 0.6 is 12.4 Å². The Morgan fingerprint density at radius 3 is 2.60 bits per heavy atom. The lowest BCUT2D eigenvalue weighted by atomic mass is 9.79. The maximum atomic E-state index is 14.0. The molecule has 3 heterocycles. The topological polar surface area (TPSA) is 59.2 Å². The summed E-state index contributed by atoms with van der Waals surface area (Å²) in [6, 6.07) is 7.50. The Balaban J connectivity index is 0.00000256. The zero-order chi connectivity index (χ0) is 20.6. The van der Waals surface area contributed by atoms with Crippen molar-refractivity contribution in [1.82, 2.24) is 9.88 Å². The first-order chi connectivity index (χ1) is 13.9. The summed E-state index contributed by atoms with van der Waals surface area (Å²) in [6.07, 6.45) is 3.63. The van der Waals surface area contributed by atoms with Crippen LogP contribution in [0, 0.1) is 0 Å². The predicted octanol–water partition coefficient (Wildman–Crippen LogP) is 4.77. The number of nitrogens with zero attached hydrogens (tertiary/aromatic N) is 2. The molecule has 1 aromatic carbocycles. The number of hydrogen-bond acceptors (Lipinski definition) is 3. The number of fused-ring (bicyclic) bond motifs is 1. The van der Waals surface area contributed by atoms with Gasteiger partial charge in [0.15, 0.2) is 0 Å². The van der Waals surface area contributed by atoms with E-state index in [9.17, 15) is 18.0 Å². The van der Waals surface area contributed by atoms with Crippen LogP contribution in [0.5, 0.6) is 0 Å². The molecule has 0 unspecified atom stereocenters. The molecule has 1 aromatic heterocycles. The highest BCUT2D eigenvalue weighted by Crippen LogP contribution is 2.46. The second-order valence-corrected chi connectivity index (χ2v) is 7.92. The van der Waals surface area contributed by atoms with Crippen molar-refractivity contribution in [2.24, 2.45) is 5.73 Å². The van der Waals surface area contributed by atoms with E-state index in [0.717, 1.165) is 44.7 Å². The van der Waals surface area contributed by atoms with Gasteiger partial charge < -0.3 is 5.73 Å². The summed E-state index contributed by atoms with van der Waals surface area (Å²) in [5.74, 6) is -1.46. The molecule has 2 fully saturated rings. The van der Waals surface area contributed by atoms with E-state index >= 15 is 0 Å². The van der Waals surface area contributed by atoms with Crippen LogP contribution in [-0.4, -0.2) is 34.4 Å². The maximum absolute atomic E-state index is 14.0. The molecule has 2 aliphatic rings. The smallest absolute Gasteiger partial charge is 0.366 e. The minimum Gasteiger partial charge on any atom is -0.366 e. The number of benzene rings is 1. The summed E-state index contributed by atoms with van der Waals surface area (Å²) in [5.41, 5.74) is 5.35. The van der Waals surface area contributed by atoms with Gasteiger partial charge in [0.1, 0.15) is 0 Å². The minimum absolute atomic E-state index is 0. The van der Waals surface area contributed by atoms with E-state index in [4.69, 9.17) is 5.73 Å². The monoisotopic (exact) mass is 439 g/mol. The van der Waals surface area contributed by atoms with Crippen LogP contribution in [0.15, 0.2) is 42.7 Å². The number of halogens is 4. The lowest BCUT2D eigenvalue weighted by molar-refractivity contribution is -0.138. The highest BCUT2D eigenvalue weighted by Gasteiger charge is 2.45. The van der Waals surface area contributed by atoms with Crippen LogP contribution in [0.3, 0.4) is 0 Å². The van der Waals surface area contributed by atoms with Gasteiger partial charge in [-0.15, -0.1) is 12.4 Å². The van der Waals surface area contributed by atoms with E-state index < -0.39 is 23.6 Å². The highest BCUT2D eigenvalue weighted by molar-refractivity contribution is 5.95. The normalized spacial score (nSPS) is 22.8. The second-order valence-electron chi connectivity index (χ2n) is 7.92. The number of rotatable bonds is 4. The lowest BCUT2D eigenvalue weighted by Crippen LogP contribution is -2.43. The third-order valence-corrected chi connectivity index (χ3v) is 6.31. The third-order valence-electron chi connectivity index (χ3n) is 6.31. The molecule has 0 radical (unpaired) electrons. The number of hydrogen-bond donors (Lipinski definition) is 1. The zero-order valence-electron chi connectivity index (χ0n) is 16.4. The molecular weight excluding hydrogens is 415 g/mol. The molecule has 162 valence electrons. The van der Waals surface area contributed by atoms with Crippen LogP contribution in [0.1, 0.15) is 65.1 Å². The molecule has 4 rings (SSSR count). The maximum Gasteiger partial charge on any atom is 0.416 e. The summed E-state index contributed by atoms with van der Waals surface area (Å²) in [5, 5.41) is 0. The number of alkyl halides is 3. The van der Waals surface area contributed by atoms with Crippen molar-refractivity contribution in [2.75, 3.05) is 6.54 Å². The van der Waals surface area contributed by atoms with Crippen molar-refractivity contribution in [2.45, 2.75) is 56.3 Å². The molecule has 4 nitrogen and oxygen atoms in total. The number of nitrogens with two attached hydrogens (primary N) is 1. The first-order valence-electron chi connectivity index (χ1n) is 10.0. The fraction of sp³-hybridized carbons (Fsp3) is 0.455. The molecule has 0 saturated carbocycles. The van der Waals surface area contributed by atoms with Gasteiger partial charge in [0.25, 0.3) is 0 Å². The Morgan fingerprint density at radius 1 is 1.13 bits per heavy atom. The van der Waals surface area contributed by atoms with Crippen molar-refractivity contribution in [3.05, 3.63) is 65.0 Å². The minimum atomic E-state index is -4.58. The zero-order valence-corrected chi connectivity index (χ0v) is 17.3. The van der Waals surface area contributed by atoms with Crippen LogP contribution in [0.25, 0.3) is 0 Å². The SMILES string of the molecule is Cl.NC(=O)c1cccc(C(F)(F)F)c1[C@@H](c1cccnc1)[C@H]1CC[C@H]2CCCCN21. The Labute approximate surface area is 180 Å². The summed E-state index contributed by atoms with van der Waals surface area (Å²) in [6.45, 7) is 0.867. The van der Waals surface area contributed by atoms with Gasteiger partial charge in [0.05, 0.1) is 5.56 Å². The second kappa shape index (κ2) is 8.94. The molecule has 2 N–H and O–H groups in total. The molecule has 1 amide bonds. The van der Waals surface area contributed by atoms with E-state index in [1.54, 1.807) is 24.5 Å². The first-order valence-corrected chi connectivity index (χ1v) is 10.0.